The van der Waals surface area contributed by atoms with Gasteiger partial charge in [0.1, 0.15) is 6.07 Å². The number of hydrogen-bond acceptors (Lipinski definition) is 4. The molecule has 0 atom stereocenters. The van der Waals surface area contributed by atoms with Crippen LogP contribution < -0.4 is 5.32 Å². The predicted octanol–water partition coefficient (Wildman–Crippen LogP) is 1.79. The van der Waals surface area contributed by atoms with Crippen LogP contribution in [0.1, 0.15) is 12.5 Å². The molecule has 0 bridgehead atoms. The lowest BCUT2D eigenvalue weighted by Gasteiger charge is -2.33. The fourth-order valence-electron chi connectivity index (χ4n) is 2.37. The van der Waals surface area contributed by atoms with Crippen LogP contribution in [0, 0.1) is 11.3 Å². The summed E-state index contributed by atoms with van der Waals surface area (Å²) in [6.07, 6.45) is 0. The second-order valence-corrected chi connectivity index (χ2v) is 5.50. The largest absolute Gasteiger partial charge is 0.324 e. The predicted molar refractivity (Wildman–Crippen MR) is 83.4 cm³/mol. The Bertz CT molecular complexity index is 547. The third-order valence-corrected chi connectivity index (χ3v) is 3.89. The first-order chi connectivity index (χ1) is 10.1. The van der Waals surface area contributed by atoms with Gasteiger partial charge in [-0.05, 0) is 24.7 Å². The molecule has 1 aromatic rings. The number of nitrogens with zero attached hydrogens (tertiary/aromatic N) is 3. The molecular formula is C15H19ClN4O. The number of likely N-dealkylation sites (N-methyl/N-ethyl adjacent to an activating group) is 1. The number of carbonyl (C=O) groups excluding carboxylic acids is 1. The molecule has 0 spiro atoms. The lowest BCUT2D eigenvalue weighted by atomic mass is 10.2. The van der Waals surface area contributed by atoms with Crippen molar-refractivity contribution in [3.8, 4) is 6.07 Å². The van der Waals surface area contributed by atoms with Crippen molar-refractivity contribution in [2.45, 2.75) is 6.92 Å². The van der Waals surface area contributed by atoms with Gasteiger partial charge in [-0.3, -0.25) is 9.69 Å². The highest BCUT2D eigenvalue weighted by atomic mass is 35.5. The Kier molecular flexibility index (Phi) is 5.57. The number of carbonyl (C=O) groups is 1. The summed E-state index contributed by atoms with van der Waals surface area (Å²) in [6, 6.07) is 6.90. The summed E-state index contributed by atoms with van der Waals surface area (Å²) in [5.41, 5.74) is 0.894. The van der Waals surface area contributed by atoms with Crippen LogP contribution in [0.4, 0.5) is 5.69 Å². The Labute approximate surface area is 130 Å². The quantitative estimate of drug-likeness (QED) is 0.921. The van der Waals surface area contributed by atoms with Crippen molar-refractivity contribution < 1.29 is 4.79 Å². The molecule has 1 saturated heterocycles. The average molecular weight is 307 g/mol. The van der Waals surface area contributed by atoms with Gasteiger partial charge in [0.15, 0.2) is 0 Å². The van der Waals surface area contributed by atoms with E-state index in [1.54, 1.807) is 18.2 Å². The molecule has 1 aromatic carbocycles. The van der Waals surface area contributed by atoms with E-state index in [9.17, 15) is 4.79 Å². The van der Waals surface area contributed by atoms with Crippen molar-refractivity contribution in [1.29, 1.82) is 5.26 Å². The minimum atomic E-state index is -0.112. The number of hydrogen-bond donors (Lipinski definition) is 1. The van der Waals surface area contributed by atoms with Crippen LogP contribution in [0.25, 0.3) is 0 Å². The van der Waals surface area contributed by atoms with E-state index in [0.29, 0.717) is 22.8 Å². The molecule has 112 valence electrons. The summed E-state index contributed by atoms with van der Waals surface area (Å²) in [7, 11) is 0. The molecular weight excluding hydrogens is 288 g/mol. The Balaban J connectivity index is 1.91. The Morgan fingerprint density at radius 3 is 2.62 bits per heavy atom. The van der Waals surface area contributed by atoms with Crippen LogP contribution in [0.2, 0.25) is 5.02 Å². The highest BCUT2D eigenvalue weighted by Crippen LogP contribution is 2.20. The van der Waals surface area contributed by atoms with Crippen molar-refractivity contribution in [3.05, 3.63) is 28.8 Å². The zero-order valence-corrected chi connectivity index (χ0v) is 12.9. The molecule has 2 rings (SSSR count). The Hall–Kier alpha value is -1.61. The molecule has 1 aliphatic heterocycles. The van der Waals surface area contributed by atoms with Gasteiger partial charge in [0.25, 0.3) is 0 Å². The van der Waals surface area contributed by atoms with Crippen LogP contribution in [-0.2, 0) is 4.79 Å². The molecule has 21 heavy (non-hydrogen) atoms. The maximum Gasteiger partial charge on any atom is 0.238 e. The lowest BCUT2D eigenvalue weighted by molar-refractivity contribution is -0.117. The van der Waals surface area contributed by atoms with E-state index >= 15 is 0 Å². The van der Waals surface area contributed by atoms with Crippen LogP contribution >= 0.6 is 11.6 Å². The molecule has 1 fully saturated rings. The molecule has 0 aliphatic carbocycles. The number of benzene rings is 1. The highest BCUT2D eigenvalue weighted by Gasteiger charge is 2.18. The van der Waals surface area contributed by atoms with Gasteiger partial charge in [0.2, 0.25) is 5.91 Å². The van der Waals surface area contributed by atoms with E-state index in [-0.39, 0.29) is 5.91 Å². The summed E-state index contributed by atoms with van der Waals surface area (Å²) in [5, 5.41) is 12.3. The fourth-order valence-corrected chi connectivity index (χ4v) is 2.55. The Morgan fingerprint density at radius 2 is 2.00 bits per heavy atom. The van der Waals surface area contributed by atoms with Crippen LogP contribution in [-0.4, -0.2) is 55.0 Å². The molecule has 1 amide bonds. The van der Waals surface area contributed by atoms with Crippen molar-refractivity contribution in [2.24, 2.45) is 0 Å². The first-order valence-corrected chi connectivity index (χ1v) is 7.44. The first kappa shape index (κ1) is 15.8. The zero-order chi connectivity index (χ0) is 15.2. The summed E-state index contributed by atoms with van der Waals surface area (Å²) < 4.78 is 0. The SMILES string of the molecule is CCN1CCN(CC(=O)Nc2cc(Cl)ccc2C#N)CC1. The topological polar surface area (TPSA) is 59.4 Å². The maximum atomic E-state index is 12.1. The molecule has 0 radical (unpaired) electrons. The van der Waals surface area contributed by atoms with Crippen LogP contribution in [0.3, 0.4) is 0 Å². The summed E-state index contributed by atoms with van der Waals surface area (Å²) in [6.45, 7) is 7.30. The van der Waals surface area contributed by atoms with E-state index in [1.807, 2.05) is 0 Å². The van der Waals surface area contributed by atoms with Crippen LogP contribution in [0.5, 0.6) is 0 Å². The third-order valence-electron chi connectivity index (χ3n) is 3.66. The summed E-state index contributed by atoms with van der Waals surface area (Å²) >= 11 is 5.90. The van der Waals surface area contributed by atoms with Crippen molar-refractivity contribution in [3.63, 3.8) is 0 Å². The number of amides is 1. The molecule has 1 aliphatic rings. The van der Waals surface area contributed by atoms with Gasteiger partial charge < -0.3 is 10.2 Å². The number of nitriles is 1. The first-order valence-electron chi connectivity index (χ1n) is 7.06. The van der Waals surface area contributed by atoms with Crippen molar-refractivity contribution in [1.82, 2.24) is 9.80 Å². The molecule has 0 saturated carbocycles. The zero-order valence-electron chi connectivity index (χ0n) is 12.1. The second-order valence-electron chi connectivity index (χ2n) is 5.06. The number of rotatable bonds is 4. The molecule has 5 nitrogen and oxygen atoms in total. The van der Waals surface area contributed by atoms with E-state index in [2.05, 4.69) is 28.1 Å². The molecule has 6 heteroatoms. The van der Waals surface area contributed by atoms with Gasteiger partial charge in [-0.1, -0.05) is 18.5 Å². The van der Waals surface area contributed by atoms with Gasteiger partial charge in [0, 0.05) is 31.2 Å². The van der Waals surface area contributed by atoms with E-state index < -0.39 is 0 Å². The summed E-state index contributed by atoms with van der Waals surface area (Å²) in [5.74, 6) is -0.112. The fraction of sp³-hybridized carbons (Fsp3) is 0.467. The van der Waals surface area contributed by atoms with Crippen molar-refractivity contribution in [2.75, 3.05) is 44.6 Å². The van der Waals surface area contributed by atoms with Gasteiger partial charge in [-0.25, -0.2) is 0 Å². The normalized spacial score (nSPS) is 16.4. The lowest BCUT2D eigenvalue weighted by Crippen LogP contribution is -2.48. The van der Waals surface area contributed by atoms with Gasteiger partial charge in [-0.15, -0.1) is 0 Å². The monoisotopic (exact) mass is 306 g/mol. The minimum absolute atomic E-state index is 0.112. The van der Waals surface area contributed by atoms with E-state index in [4.69, 9.17) is 16.9 Å². The van der Waals surface area contributed by atoms with Crippen LogP contribution in [0.15, 0.2) is 18.2 Å². The van der Waals surface area contributed by atoms with E-state index in [0.717, 1.165) is 32.7 Å². The molecule has 1 N–H and O–H groups in total. The number of halogens is 1. The maximum absolute atomic E-state index is 12.1. The third kappa shape index (κ3) is 4.43. The molecule has 0 aromatic heterocycles. The number of piperazine rings is 1. The highest BCUT2D eigenvalue weighted by molar-refractivity contribution is 6.31. The van der Waals surface area contributed by atoms with Gasteiger partial charge in [0.05, 0.1) is 17.8 Å². The molecule has 0 unspecified atom stereocenters. The van der Waals surface area contributed by atoms with Crippen molar-refractivity contribution >= 4 is 23.2 Å². The standard InChI is InChI=1S/C15H19ClN4O/c1-2-19-5-7-20(8-6-19)11-15(21)18-14-9-13(16)4-3-12(14)10-17/h3-4,9H,2,5-8,11H2,1H3,(H,18,21). The minimum Gasteiger partial charge on any atom is -0.324 e. The summed E-state index contributed by atoms with van der Waals surface area (Å²) in [4.78, 5) is 16.6. The van der Waals surface area contributed by atoms with Gasteiger partial charge in [-0.2, -0.15) is 5.26 Å². The second kappa shape index (κ2) is 7.41. The smallest absolute Gasteiger partial charge is 0.238 e. The Morgan fingerprint density at radius 1 is 1.33 bits per heavy atom. The van der Waals surface area contributed by atoms with E-state index in [1.165, 1.54) is 0 Å². The number of nitrogens with one attached hydrogen (secondary N) is 1. The molecule has 1 heterocycles. The van der Waals surface area contributed by atoms with Gasteiger partial charge >= 0.3 is 0 Å². The number of anilines is 1. The average Bonchev–Trinajstić information content (AvgIpc) is 2.48.